The minimum Gasteiger partial charge on any atom is -0.205 e. The van der Waals surface area contributed by atoms with Gasteiger partial charge in [-0.2, -0.15) is 0 Å². The van der Waals surface area contributed by atoms with Gasteiger partial charge in [0.1, 0.15) is 10.7 Å². The Balaban J connectivity index is 2.28. The Labute approximate surface area is 100 Å². The lowest BCUT2D eigenvalue weighted by Gasteiger charge is -1.96. The van der Waals surface area contributed by atoms with Gasteiger partial charge < -0.3 is 0 Å². The van der Waals surface area contributed by atoms with E-state index in [9.17, 15) is 0 Å². The van der Waals surface area contributed by atoms with Crippen LogP contribution in [0.2, 0.25) is 5.02 Å². The van der Waals surface area contributed by atoms with Crippen molar-refractivity contribution in [3.8, 4) is 0 Å². The van der Waals surface area contributed by atoms with Crippen molar-refractivity contribution in [2.75, 3.05) is 0 Å². The molecule has 0 spiro atoms. The molecule has 76 valence electrons. The quantitative estimate of drug-likeness (QED) is 0.773. The minimum absolute atomic E-state index is 0.378. The number of aromatic nitrogens is 2. The van der Waals surface area contributed by atoms with E-state index in [-0.39, 0.29) is 0 Å². The topological polar surface area (TPSA) is 38.1 Å². The van der Waals surface area contributed by atoms with Crippen LogP contribution in [0.15, 0.2) is 34.8 Å². The van der Waals surface area contributed by atoms with Gasteiger partial charge in [-0.1, -0.05) is 46.7 Å². The molecule has 1 heterocycles. The summed E-state index contributed by atoms with van der Waals surface area (Å²) >= 11 is 13.1. The summed E-state index contributed by atoms with van der Waals surface area (Å²) in [6, 6.07) is 7.12. The van der Waals surface area contributed by atoms with Gasteiger partial charge in [0.25, 0.3) is 0 Å². The van der Waals surface area contributed by atoms with Crippen LogP contribution in [0, 0.1) is 0 Å². The standard InChI is InChI=1S/C9H5Cl2N3S/c10-7-3-1-6(2-4-7)8(11)13-9-14-12-5-15-9/h1-5H. The van der Waals surface area contributed by atoms with E-state index in [1.54, 1.807) is 29.8 Å². The Bertz CT molecular complexity index is 465. The van der Waals surface area contributed by atoms with Gasteiger partial charge in [0.15, 0.2) is 0 Å². The van der Waals surface area contributed by atoms with Crippen molar-refractivity contribution in [2.45, 2.75) is 0 Å². The third-order valence-corrected chi connectivity index (χ3v) is 2.76. The van der Waals surface area contributed by atoms with E-state index in [1.165, 1.54) is 11.3 Å². The Kier molecular flexibility index (Phi) is 3.30. The molecular weight excluding hydrogens is 253 g/mol. The van der Waals surface area contributed by atoms with Gasteiger partial charge in [0.05, 0.1) is 0 Å². The first kappa shape index (κ1) is 10.5. The molecule has 0 atom stereocenters. The first-order valence-corrected chi connectivity index (χ1v) is 5.65. The zero-order valence-electron chi connectivity index (χ0n) is 7.39. The Hall–Kier alpha value is -0.970. The molecule has 0 amide bonds. The Morgan fingerprint density at radius 2 is 2.00 bits per heavy atom. The van der Waals surface area contributed by atoms with E-state index in [1.807, 2.05) is 0 Å². The first-order valence-electron chi connectivity index (χ1n) is 4.02. The number of benzene rings is 1. The number of rotatable bonds is 2. The van der Waals surface area contributed by atoms with Crippen LogP contribution in [0.3, 0.4) is 0 Å². The third-order valence-electron chi connectivity index (χ3n) is 1.62. The molecule has 0 radical (unpaired) electrons. The fourth-order valence-electron chi connectivity index (χ4n) is 0.952. The van der Waals surface area contributed by atoms with E-state index in [2.05, 4.69) is 15.2 Å². The van der Waals surface area contributed by atoms with E-state index in [0.29, 0.717) is 15.3 Å². The van der Waals surface area contributed by atoms with Crippen LogP contribution in [-0.4, -0.2) is 15.4 Å². The zero-order chi connectivity index (χ0) is 10.7. The van der Waals surface area contributed by atoms with Crippen molar-refractivity contribution in [1.82, 2.24) is 10.2 Å². The van der Waals surface area contributed by atoms with Crippen molar-refractivity contribution in [2.24, 2.45) is 4.99 Å². The molecule has 1 aromatic heterocycles. The maximum absolute atomic E-state index is 6.00. The smallest absolute Gasteiger partial charge is 0.205 e. The molecule has 0 bridgehead atoms. The van der Waals surface area contributed by atoms with Gasteiger partial charge in [0.2, 0.25) is 5.13 Å². The zero-order valence-corrected chi connectivity index (χ0v) is 9.72. The summed E-state index contributed by atoms with van der Waals surface area (Å²) in [5.41, 5.74) is 2.40. The molecule has 0 N–H and O–H groups in total. The lowest BCUT2D eigenvalue weighted by Crippen LogP contribution is -1.89. The Morgan fingerprint density at radius 1 is 1.27 bits per heavy atom. The van der Waals surface area contributed by atoms with Gasteiger partial charge in [-0.3, -0.25) is 0 Å². The molecule has 0 aliphatic rings. The maximum Gasteiger partial charge on any atom is 0.232 e. The number of halogens is 2. The van der Waals surface area contributed by atoms with E-state index < -0.39 is 0 Å². The normalized spacial score (nSPS) is 11.7. The summed E-state index contributed by atoms with van der Waals surface area (Å²) in [6.07, 6.45) is 0. The molecular formula is C9H5Cl2N3S. The molecule has 15 heavy (non-hydrogen) atoms. The number of aliphatic imine (C=N–C) groups is 1. The predicted molar refractivity (Wildman–Crippen MR) is 63.4 cm³/mol. The van der Waals surface area contributed by atoms with Crippen molar-refractivity contribution in [1.29, 1.82) is 0 Å². The van der Waals surface area contributed by atoms with Gasteiger partial charge in [0, 0.05) is 10.6 Å². The fraction of sp³-hybridized carbons (Fsp3) is 0. The fourth-order valence-corrected chi connectivity index (χ4v) is 1.76. The summed E-state index contributed by atoms with van der Waals surface area (Å²) < 4.78 is 0. The monoisotopic (exact) mass is 257 g/mol. The maximum atomic E-state index is 6.00. The second kappa shape index (κ2) is 4.70. The molecule has 1 aromatic carbocycles. The number of nitrogens with zero attached hydrogens (tertiary/aromatic N) is 3. The highest BCUT2D eigenvalue weighted by Gasteiger charge is 2.01. The van der Waals surface area contributed by atoms with Gasteiger partial charge in [-0.15, -0.1) is 10.2 Å². The van der Waals surface area contributed by atoms with Crippen LogP contribution in [0.1, 0.15) is 5.56 Å². The highest BCUT2D eigenvalue weighted by molar-refractivity contribution is 7.13. The van der Waals surface area contributed by atoms with Gasteiger partial charge in [-0.25, -0.2) is 4.99 Å². The van der Waals surface area contributed by atoms with Crippen LogP contribution >= 0.6 is 34.5 Å². The van der Waals surface area contributed by atoms with E-state index in [0.717, 1.165) is 5.56 Å². The highest BCUT2D eigenvalue weighted by Crippen LogP contribution is 2.18. The van der Waals surface area contributed by atoms with Crippen molar-refractivity contribution in [3.05, 3.63) is 40.4 Å². The van der Waals surface area contributed by atoms with Crippen LogP contribution in [-0.2, 0) is 0 Å². The third kappa shape index (κ3) is 2.75. The summed E-state index contributed by atoms with van der Waals surface area (Å²) in [7, 11) is 0. The largest absolute Gasteiger partial charge is 0.232 e. The van der Waals surface area contributed by atoms with Crippen LogP contribution in [0.4, 0.5) is 5.13 Å². The van der Waals surface area contributed by atoms with E-state index in [4.69, 9.17) is 23.2 Å². The second-order valence-corrected chi connectivity index (χ2v) is 4.24. The van der Waals surface area contributed by atoms with Crippen LogP contribution in [0.5, 0.6) is 0 Å². The molecule has 0 fully saturated rings. The molecule has 0 aliphatic carbocycles. The molecule has 0 aliphatic heterocycles. The molecule has 3 nitrogen and oxygen atoms in total. The molecule has 2 rings (SSSR count). The lowest BCUT2D eigenvalue weighted by molar-refractivity contribution is 1.08. The van der Waals surface area contributed by atoms with Crippen LogP contribution < -0.4 is 0 Å². The van der Waals surface area contributed by atoms with Crippen LogP contribution in [0.25, 0.3) is 0 Å². The summed E-state index contributed by atoms with van der Waals surface area (Å²) in [4.78, 5) is 4.10. The molecule has 0 saturated heterocycles. The average Bonchev–Trinajstić information content (AvgIpc) is 2.71. The molecule has 6 heteroatoms. The number of hydrogen-bond acceptors (Lipinski definition) is 4. The van der Waals surface area contributed by atoms with E-state index >= 15 is 0 Å². The summed E-state index contributed by atoms with van der Waals surface area (Å²) in [5.74, 6) is 0. The molecule has 0 saturated carbocycles. The van der Waals surface area contributed by atoms with Gasteiger partial charge in [-0.05, 0) is 12.1 Å². The first-order chi connectivity index (χ1) is 7.25. The van der Waals surface area contributed by atoms with Crippen molar-refractivity contribution < 1.29 is 0 Å². The van der Waals surface area contributed by atoms with Gasteiger partial charge >= 0.3 is 0 Å². The Morgan fingerprint density at radius 3 is 2.60 bits per heavy atom. The van der Waals surface area contributed by atoms with Crippen molar-refractivity contribution >= 4 is 44.8 Å². The lowest BCUT2D eigenvalue weighted by atomic mass is 10.2. The minimum atomic E-state index is 0.378. The predicted octanol–water partition coefficient (Wildman–Crippen LogP) is 3.51. The second-order valence-electron chi connectivity index (χ2n) is 2.63. The summed E-state index contributed by atoms with van der Waals surface area (Å²) in [6.45, 7) is 0. The molecule has 0 unspecified atom stereocenters. The number of hydrogen-bond donors (Lipinski definition) is 0. The molecule has 2 aromatic rings. The summed E-state index contributed by atoms with van der Waals surface area (Å²) in [5, 5.41) is 9.02. The SMILES string of the molecule is ClC(=Nc1nncs1)c1ccc(Cl)cc1. The average molecular weight is 258 g/mol. The highest BCUT2D eigenvalue weighted by atomic mass is 35.5. The van der Waals surface area contributed by atoms with Crippen molar-refractivity contribution in [3.63, 3.8) is 0 Å².